The zero-order chi connectivity index (χ0) is 11.5. The lowest BCUT2D eigenvalue weighted by Gasteiger charge is -2.11. The molecule has 88 valence electrons. The molecule has 1 atom stereocenters. The first kappa shape index (κ1) is 10.5. The Morgan fingerprint density at radius 2 is 2.18 bits per heavy atom. The molecule has 0 amide bonds. The minimum Gasteiger partial charge on any atom is -0.316 e. The molecule has 1 aromatic heterocycles. The van der Waals surface area contributed by atoms with Crippen LogP contribution in [-0.4, -0.2) is 22.6 Å². The molecule has 1 N–H and O–H groups in total. The monoisotopic (exact) mass is 227 g/mol. The van der Waals surface area contributed by atoms with E-state index in [9.17, 15) is 0 Å². The van der Waals surface area contributed by atoms with E-state index in [-0.39, 0.29) is 0 Å². The topological polar surface area (TPSA) is 29.9 Å². The number of rotatable bonds is 3. The molecule has 0 spiro atoms. The number of imidazole rings is 1. The minimum absolute atomic E-state index is 0.736. The van der Waals surface area contributed by atoms with Gasteiger partial charge in [-0.15, -0.1) is 0 Å². The Kier molecular flexibility index (Phi) is 2.92. The third-order valence-corrected chi connectivity index (χ3v) is 3.39. The van der Waals surface area contributed by atoms with E-state index >= 15 is 0 Å². The van der Waals surface area contributed by atoms with Crippen molar-refractivity contribution in [3.63, 3.8) is 0 Å². The van der Waals surface area contributed by atoms with Crippen LogP contribution in [0.15, 0.2) is 42.7 Å². The van der Waals surface area contributed by atoms with Gasteiger partial charge in [-0.1, -0.05) is 18.2 Å². The average molecular weight is 227 g/mol. The van der Waals surface area contributed by atoms with Gasteiger partial charge in [0.1, 0.15) is 5.82 Å². The van der Waals surface area contributed by atoms with Crippen LogP contribution < -0.4 is 5.32 Å². The van der Waals surface area contributed by atoms with Crippen LogP contribution in [0.3, 0.4) is 0 Å². The van der Waals surface area contributed by atoms with Crippen LogP contribution in [0.5, 0.6) is 0 Å². The van der Waals surface area contributed by atoms with Crippen molar-refractivity contribution in [2.24, 2.45) is 5.92 Å². The number of nitrogens with one attached hydrogen (secondary N) is 1. The van der Waals surface area contributed by atoms with Crippen LogP contribution in [0.1, 0.15) is 12.2 Å². The molecule has 1 unspecified atom stereocenters. The van der Waals surface area contributed by atoms with Crippen molar-refractivity contribution in [2.75, 3.05) is 13.1 Å². The van der Waals surface area contributed by atoms with Gasteiger partial charge in [0.25, 0.3) is 0 Å². The quantitative estimate of drug-likeness (QED) is 0.869. The van der Waals surface area contributed by atoms with E-state index in [1.807, 2.05) is 18.5 Å². The second kappa shape index (κ2) is 4.72. The summed E-state index contributed by atoms with van der Waals surface area (Å²) >= 11 is 0. The summed E-state index contributed by atoms with van der Waals surface area (Å²) in [7, 11) is 0. The summed E-state index contributed by atoms with van der Waals surface area (Å²) in [5.74, 6) is 1.91. The molecule has 3 nitrogen and oxygen atoms in total. The lowest BCUT2D eigenvalue weighted by Crippen LogP contribution is -2.13. The smallest absolute Gasteiger partial charge is 0.113 e. The first-order chi connectivity index (χ1) is 8.43. The molecule has 0 saturated carbocycles. The highest BCUT2D eigenvalue weighted by Gasteiger charge is 2.17. The number of hydrogen-bond donors (Lipinski definition) is 1. The molecule has 17 heavy (non-hydrogen) atoms. The van der Waals surface area contributed by atoms with Gasteiger partial charge in [0.05, 0.1) is 0 Å². The molecule has 3 rings (SSSR count). The summed E-state index contributed by atoms with van der Waals surface area (Å²) in [5.41, 5.74) is 1.20. The summed E-state index contributed by atoms with van der Waals surface area (Å²) < 4.78 is 2.19. The number of aromatic nitrogens is 2. The summed E-state index contributed by atoms with van der Waals surface area (Å²) in [6.07, 6.45) is 6.27. The molecule has 1 fully saturated rings. The van der Waals surface area contributed by atoms with Crippen LogP contribution in [0.2, 0.25) is 0 Å². The van der Waals surface area contributed by atoms with Crippen molar-refractivity contribution in [1.82, 2.24) is 14.9 Å². The van der Waals surface area contributed by atoms with E-state index in [0.29, 0.717) is 0 Å². The molecule has 3 heteroatoms. The number of benzene rings is 1. The Bertz CT molecular complexity index is 469. The van der Waals surface area contributed by atoms with E-state index in [2.05, 4.69) is 39.1 Å². The molecular formula is C14H17N3. The summed E-state index contributed by atoms with van der Waals surface area (Å²) in [6, 6.07) is 10.4. The molecule has 0 aliphatic carbocycles. The minimum atomic E-state index is 0.736. The highest BCUT2D eigenvalue weighted by molar-refractivity contribution is 5.32. The SMILES string of the molecule is c1ccc(-n2ccnc2CC2CCNC2)cc1. The Morgan fingerprint density at radius 1 is 1.29 bits per heavy atom. The van der Waals surface area contributed by atoms with Crippen LogP contribution in [0, 0.1) is 5.92 Å². The third kappa shape index (κ3) is 2.24. The first-order valence-electron chi connectivity index (χ1n) is 6.22. The normalized spacial score (nSPS) is 19.6. The highest BCUT2D eigenvalue weighted by atomic mass is 15.1. The lowest BCUT2D eigenvalue weighted by atomic mass is 10.0. The third-order valence-electron chi connectivity index (χ3n) is 3.39. The molecule has 2 aromatic rings. The highest BCUT2D eigenvalue weighted by Crippen LogP contribution is 2.17. The molecule has 1 aliphatic heterocycles. The molecule has 1 aliphatic rings. The predicted molar refractivity (Wildman–Crippen MR) is 68.2 cm³/mol. The van der Waals surface area contributed by atoms with Gasteiger partial charge in [-0.2, -0.15) is 0 Å². The van der Waals surface area contributed by atoms with Crippen LogP contribution >= 0.6 is 0 Å². The summed E-state index contributed by atoms with van der Waals surface area (Å²) in [5, 5.41) is 3.41. The Labute approximate surface area is 101 Å². The number of hydrogen-bond acceptors (Lipinski definition) is 2. The van der Waals surface area contributed by atoms with Crippen LogP contribution in [-0.2, 0) is 6.42 Å². The lowest BCUT2D eigenvalue weighted by molar-refractivity contribution is 0.557. The van der Waals surface area contributed by atoms with Crippen molar-refractivity contribution in [3.05, 3.63) is 48.5 Å². The summed E-state index contributed by atoms with van der Waals surface area (Å²) in [4.78, 5) is 4.49. The van der Waals surface area contributed by atoms with Crippen molar-refractivity contribution < 1.29 is 0 Å². The van der Waals surface area contributed by atoms with Gasteiger partial charge >= 0.3 is 0 Å². The van der Waals surface area contributed by atoms with Gasteiger partial charge in [-0.25, -0.2) is 4.98 Å². The second-order valence-electron chi connectivity index (χ2n) is 4.61. The molecule has 0 bridgehead atoms. The van der Waals surface area contributed by atoms with E-state index in [0.717, 1.165) is 25.4 Å². The van der Waals surface area contributed by atoms with Crippen molar-refractivity contribution >= 4 is 0 Å². The zero-order valence-electron chi connectivity index (χ0n) is 9.84. The van der Waals surface area contributed by atoms with E-state index in [1.54, 1.807) is 0 Å². The van der Waals surface area contributed by atoms with Gasteiger partial charge in [0.15, 0.2) is 0 Å². The van der Waals surface area contributed by atoms with Gasteiger partial charge in [-0.3, -0.25) is 0 Å². The average Bonchev–Trinajstić information content (AvgIpc) is 3.02. The van der Waals surface area contributed by atoms with E-state index in [4.69, 9.17) is 0 Å². The molecular weight excluding hydrogens is 210 g/mol. The molecule has 1 saturated heterocycles. The van der Waals surface area contributed by atoms with Crippen LogP contribution in [0.25, 0.3) is 5.69 Å². The van der Waals surface area contributed by atoms with Gasteiger partial charge in [0, 0.05) is 24.5 Å². The van der Waals surface area contributed by atoms with E-state index < -0.39 is 0 Å². The van der Waals surface area contributed by atoms with Gasteiger partial charge < -0.3 is 9.88 Å². The standard InChI is InChI=1S/C14H17N3/c1-2-4-13(5-3-1)17-9-8-16-14(17)10-12-6-7-15-11-12/h1-5,8-9,12,15H,6-7,10-11H2. The Morgan fingerprint density at radius 3 is 2.94 bits per heavy atom. The number of nitrogens with zero attached hydrogens (tertiary/aromatic N) is 2. The van der Waals surface area contributed by atoms with Crippen molar-refractivity contribution in [3.8, 4) is 5.69 Å². The fourth-order valence-corrected chi connectivity index (χ4v) is 2.46. The number of para-hydroxylation sites is 1. The zero-order valence-corrected chi connectivity index (χ0v) is 9.84. The predicted octanol–water partition coefficient (Wildman–Crippen LogP) is 2.02. The molecule has 1 aromatic carbocycles. The molecule has 0 radical (unpaired) electrons. The largest absolute Gasteiger partial charge is 0.316 e. The van der Waals surface area contributed by atoms with Gasteiger partial charge in [0.2, 0.25) is 0 Å². The van der Waals surface area contributed by atoms with Crippen molar-refractivity contribution in [2.45, 2.75) is 12.8 Å². The Balaban J connectivity index is 1.84. The Hall–Kier alpha value is -1.61. The first-order valence-corrected chi connectivity index (χ1v) is 6.22. The fraction of sp³-hybridized carbons (Fsp3) is 0.357. The fourth-order valence-electron chi connectivity index (χ4n) is 2.46. The second-order valence-corrected chi connectivity index (χ2v) is 4.61. The van der Waals surface area contributed by atoms with Crippen molar-refractivity contribution in [1.29, 1.82) is 0 Å². The summed E-state index contributed by atoms with van der Waals surface area (Å²) in [6.45, 7) is 2.28. The van der Waals surface area contributed by atoms with E-state index in [1.165, 1.54) is 17.9 Å². The maximum absolute atomic E-state index is 4.49. The van der Waals surface area contributed by atoms with Crippen LogP contribution in [0.4, 0.5) is 0 Å². The maximum Gasteiger partial charge on any atom is 0.113 e. The molecule has 2 heterocycles. The van der Waals surface area contributed by atoms with Gasteiger partial charge in [-0.05, 0) is 37.6 Å². The maximum atomic E-state index is 4.49.